The Bertz CT molecular complexity index is 732. The van der Waals surface area contributed by atoms with Gasteiger partial charge in [0.1, 0.15) is 0 Å². The van der Waals surface area contributed by atoms with Crippen LogP contribution < -0.4 is 10.6 Å². The molecular weight excluding hydrogens is 360 g/mol. The lowest BCUT2D eigenvalue weighted by atomic mass is 10.1. The van der Waals surface area contributed by atoms with Crippen LogP contribution in [0.5, 0.6) is 0 Å². The summed E-state index contributed by atoms with van der Waals surface area (Å²) in [6.07, 6.45) is 0. The number of hydrogen-bond donors (Lipinski definition) is 2. The summed E-state index contributed by atoms with van der Waals surface area (Å²) in [6, 6.07) is 17.5. The van der Waals surface area contributed by atoms with Gasteiger partial charge in [0.2, 0.25) is 0 Å². The molecule has 1 aliphatic rings. The van der Waals surface area contributed by atoms with Crippen LogP contribution in [0.3, 0.4) is 0 Å². The molecule has 5 nitrogen and oxygen atoms in total. The maximum absolute atomic E-state index is 12.5. The second kappa shape index (κ2) is 9.74. The van der Waals surface area contributed by atoms with Crippen LogP contribution in [0.1, 0.15) is 17.2 Å². The topological polar surface area (TPSA) is 47.6 Å². The smallest absolute Gasteiger partial charge is 0.315 e. The van der Waals surface area contributed by atoms with Crippen molar-refractivity contribution < 1.29 is 4.79 Å². The Balaban J connectivity index is 1.60. The Morgan fingerprint density at radius 2 is 1.70 bits per heavy atom. The van der Waals surface area contributed by atoms with Crippen molar-refractivity contribution in [1.82, 2.24) is 20.4 Å². The van der Waals surface area contributed by atoms with Crippen molar-refractivity contribution >= 4 is 17.6 Å². The zero-order valence-electron chi connectivity index (χ0n) is 15.7. The summed E-state index contributed by atoms with van der Waals surface area (Å²) in [5.41, 5.74) is 2.02. The summed E-state index contributed by atoms with van der Waals surface area (Å²) >= 11 is 6.17. The number of rotatable bonds is 6. The van der Waals surface area contributed by atoms with Gasteiger partial charge in [-0.3, -0.25) is 4.90 Å². The number of carbonyl (C=O) groups excluding carboxylic acids is 1. The van der Waals surface area contributed by atoms with Gasteiger partial charge in [-0.05, 0) is 24.2 Å². The van der Waals surface area contributed by atoms with Crippen LogP contribution in [0.2, 0.25) is 5.02 Å². The van der Waals surface area contributed by atoms with Gasteiger partial charge >= 0.3 is 6.03 Å². The largest absolute Gasteiger partial charge is 0.334 e. The molecule has 0 bridgehead atoms. The maximum atomic E-state index is 12.5. The van der Waals surface area contributed by atoms with Crippen molar-refractivity contribution in [2.75, 3.05) is 39.8 Å². The highest BCUT2D eigenvalue weighted by Gasteiger charge is 2.21. The Hall–Kier alpha value is -2.08. The Morgan fingerprint density at radius 1 is 1.04 bits per heavy atom. The molecule has 6 heteroatoms. The van der Waals surface area contributed by atoms with Crippen LogP contribution in [-0.4, -0.2) is 55.6 Å². The quantitative estimate of drug-likeness (QED) is 0.801. The van der Waals surface area contributed by atoms with E-state index in [2.05, 4.69) is 39.6 Å². The van der Waals surface area contributed by atoms with Gasteiger partial charge in [-0.1, -0.05) is 60.1 Å². The predicted molar refractivity (Wildman–Crippen MR) is 110 cm³/mol. The average molecular weight is 387 g/mol. The molecule has 0 saturated carbocycles. The van der Waals surface area contributed by atoms with Gasteiger partial charge in [-0.15, -0.1) is 0 Å². The molecule has 2 amide bonds. The number of nitrogens with one attached hydrogen (secondary N) is 2. The summed E-state index contributed by atoms with van der Waals surface area (Å²) in [4.78, 5) is 17.3. The van der Waals surface area contributed by atoms with Crippen LogP contribution >= 0.6 is 11.6 Å². The van der Waals surface area contributed by atoms with E-state index in [0.29, 0.717) is 11.6 Å². The molecule has 1 fully saturated rings. The van der Waals surface area contributed by atoms with Crippen molar-refractivity contribution in [2.45, 2.75) is 12.6 Å². The molecule has 144 valence electrons. The molecule has 1 saturated heterocycles. The summed E-state index contributed by atoms with van der Waals surface area (Å²) in [6.45, 7) is 5.35. The first-order valence-corrected chi connectivity index (χ1v) is 9.73. The van der Waals surface area contributed by atoms with Crippen molar-refractivity contribution in [3.05, 3.63) is 70.7 Å². The van der Waals surface area contributed by atoms with Gasteiger partial charge < -0.3 is 15.5 Å². The number of amides is 2. The van der Waals surface area contributed by atoms with Crippen LogP contribution in [0.15, 0.2) is 54.6 Å². The van der Waals surface area contributed by atoms with Gasteiger partial charge in [0, 0.05) is 44.3 Å². The highest BCUT2D eigenvalue weighted by molar-refractivity contribution is 6.31. The monoisotopic (exact) mass is 386 g/mol. The first-order chi connectivity index (χ1) is 13.1. The summed E-state index contributed by atoms with van der Waals surface area (Å²) in [5, 5.41) is 6.72. The molecule has 27 heavy (non-hydrogen) atoms. The number of carbonyl (C=O) groups is 1. The van der Waals surface area contributed by atoms with E-state index >= 15 is 0 Å². The lowest BCUT2D eigenvalue weighted by molar-refractivity contribution is 0.142. The molecule has 1 heterocycles. The number of piperazine rings is 1. The number of benzene rings is 2. The Morgan fingerprint density at radius 3 is 2.41 bits per heavy atom. The highest BCUT2D eigenvalue weighted by Crippen LogP contribution is 2.16. The first kappa shape index (κ1) is 19.7. The third kappa shape index (κ3) is 5.96. The van der Waals surface area contributed by atoms with Crippen molar-refractivity contribution in [3.8, 4) is 0 Å². The number of nitrogens with zero attached hydrogens (tertiary/aromatic N) is 2. The third-order valence-corrected chi connectivity index (χ3v) is 5.31. The van der Waals surface area contributed by atoms with E-state index in [4.69, 9.17) is 11.6 Å². The van der Waals surface area contributed by atoms with Crippen molar-refractivity contribution in [3.63, 3.8) is 0 Å². The molecule has 0 aromatic heterocycles. The second-order valence-electron chi connectivity index (χ2n) is 6.99. The van der Waals surface area contributed by atoms with Crippen LogP contribution in [-0.2, 0) is 6.54 Å². The predicted octanol–water partition coefficient (Wildman–Crippen LogP) is 3.13. The lowest BCUT2D eigenvalue weighted by Gasteiger charge is -2.35. The molecule has 0 radical (unpaired) electrons. The van der Waals surface area contributed by atoms with E-state index in [1.165, 1.54) is 0 Å². The molecular formula is C21H27ClN4O. The normalized spacial score (nSPS) is 16.7. The molecule has 2 aromatic carbocycles. The maximum Gasteiger partial charge on any atom is 0.315 e. The standard InChI is InChI=1S/C21H27ClN4O/c1-25-11-13-26(14-12-25)16-20(17-7-3-2-4-8-17)24-21(27)23-15-18-9-5-6-10-19(18)22/h2-10,20H,11-16H2,1H3,(H2,23,24,27). The van der Waals surface area contributed by atoms with Gasteiger partial charge in [-0.2, -0.15) is 0 Å². The average Bonchev–Trinajstić information content (AvgIpc) is 2.69. The van der Waals surface area contributed by atoms with Crippen molar-refractivity contribution in [1.29, 1.82) is 0 Å². The number of urea groups is 1. The summed E-state index contributed by atoms with van der Waals surface area (Å²) < 4.78 is 0. The van der Waals surface area contributed by atoms with Crippen LogP contribution in [0.25, 0.3) is 0 Å². The van der Waals surface area contributed by atoms with E-state index in [9.17, 15) is 4.79 Å². The number of likely N-dealkylation sites (N-methyl/N-ethyl adjacent to an activating group) is 1. The van der Waals surface area contributed by atoms with Gasteiger partial charge in [0.25, 0.3) is 0 Å². The Labute approximate surface area is 166 Å². The molecule has 2 aromatic rings. The van der Waals surface area contributed by atoms with Crippen LogP contribution in [0.4, 0.5) is 4.79 Å². The minimum absolute atomic E-state index is 0.0548. The number of halogens is 1. The SMILES string of the molecule is CN1CCN(CC(NC(=O)NCc2ccccc2Cl)c2ccccc2)CC1. The second-order valence-corrected chi connectivity index (χ2v) is 7.39. The lowest BCUT2D eigenvalue weighted by Crippen LogP contribution is -2.48. The minimum Gasteiger partial charge on any atom is -0.334 e. The summed E-state index contributed by atoms with van der Waals surface area (Å²) in [5.74, 6) is 0. The van der Waals surface area contributed by atoms with Gasteiger partial charge in [0.15, 0.2) is 0 Å². The summed E-state index contributed by atoms with van der Waals surface area (Å²) in [7, 11) is 2.15. The van der Waals surface area contributed by atoms with Gasteiger partial charge in [-0.25, -0.2) is 4.79 Å². The fraction of sp³-hybridized carbons (Fsp3) is 0.381. The van der Waals surface area contributed by atoms with Crippen LogP contribution in [0, 0.1) is 0 Å². The highest BCUT2D eigenvalue weighted by atomic mass is 35.5. The fourth-order valence-corrected chi connectivity index (χ4v) is 3.44. The molecule has 3 rings (SSSR count). The molecule has 0 spiro atoms. The van der Waals surface area contributed by atoms with E-state index in [1.54, 1.807) is 0 Å². The fourth-order valence-electron chi connectivity index (χ4n) is 3.23. The molecule has 2 N–H and O–H groups in total. The number of hydrogen-bond acceptors (Lipinski definition) is 3. The Kier molecular flexibility index (Phi) is 7.10. The first-order valence-electron chi connectivity index (χ1n) is 9.35. The molecule has 0 aliphatic carbocycles. The third-order valence-electron chi connectivity index (χ3n) is 4.94. The molecule has 1 unspecified atom stereocenters. The van der Waals surface area contributed by atoms with E-state index in [0.717, 1.165) is 43.9 Å². The van der Waals surface area contributed by atoms with Crippen molar-refractivity contribution in [2.24, 2.45) is 0 Å². The molecule has 1 aliphatic heterocycles. The van der Waals surface area contributed by atoms with E-state index in [-0.39, 0.29) is 12.1 Å². The zero-order chi connectivity index (χ0) is 19.1. The zero-order valence-corrected chi connectivity index (χ0v) is 16.5. The minimum atomic E-state index is -0.182. The van der Waals surface area contributed by atoms with E-state index in [1.807, 2.05) is 42.5 Å². The van der Waals surface area contributed by atoms with Gasteiger partial charge in [0.05, 0.1) is 6.04 Å². The van der Waals surface area contributed by atoms with E-state index < -0.39 is 0 Å². The molecule has 1 atom stereocenters.